The molecule has 0 spiro atoms. The van der Waals surface area contributed by atoms with Gasteiger partial charge in [-0.15, -0.1) is 11.3 Å². The lowest BCUT2D eigenvalue weighted by Crippen LogP contribution is -2.48. The van der Waals surface area contributed by atoms with E-state index >= 15 is 0 Å². The molecule has 0 aliphatic carbocycles. The summed E-state index contributed by atoms with van der Waals surface area (Å²) in [6.45, 7) is 14.4. The normalized spacial score (nSPS) is 18.8. The maximum atomic E-state index is 5.78. The van der Waals surface area contributed by atoms with Crippen LogP contribution < -0.4 is 10.2 Å². The molecule has 2 heterocycles. The first-order valence-electron chi connectivity index (χ1n) is 7.52. The fourth-order valence-corrected chi connectivity index (χ4v) is 3.52. The highest BCUT2D eigenvalue weighted by Crippen LogP contribution is 2.30. The molecule has 0 aromatic carbocycles. The number of hydrogen-bond donors (Lipinski definition) is 1. The van der Waals surface area contributed by atoms with Gasteiger partial charge in [0.05, 0.1) is 17.9 Å². The van der Waals surface area contributed by atoms with Gasteiger partial charge in [-0.3, -0.25) is 0 Å². The van der Waals surface area contributed by atoms with E-state index in [2.05, 4.69) is 44.8 Å². The van der Waals surface area contributed by atoms with Gasteiger partial charge >= 0.3 is 0 Å². The molecule has 5 heteroatoms. The Morgan fingerprint density at radius 2 is 2.20 bits per heavy atom. The Bertz CT molecular complexity index is 442. The zero-order valence-corrected chi connectivity index (χ0v) is 14.1. The molecule has 0 unspecified atom stereocenters. The average Bonchev–Trinajstić information content (AvgIpc) is 2.78. The molecule has 0 amide bonds. The molecule has 4 nitrogen and oxygen atoms in total. The van der Waals surface area contributed by atoms with Crippen molar-refractivity contribution in [2.45, 2.75) is 59.2 Å². The van der Waals surface area contributed by atoms with Crippen molar-refractivity contribution in [2.24, 2.45) is 0 Å². The highest BCUT2D eigenvalue weighted by atomic mass is 32.1. The van der Waals surface area contributed by atoms with Crippen molar-refractivity contribution in [3.8, 4) is 0 Å². The molecule has 0 radical (unpaired) electrons. The van der Waals surface area contributed by atoms with Crippen molar-refractivity contribution in [2.75, 3.05) is 24.6 Å². The smallest absolute Gasteiger partial charge is 0.186 e. The van der Waals surface area contributed by atoms with Crippen molar-refractivity contribution in [1.29, 1.82) is 0 Å². The van der Waals surface area contributed by atoms with E-state index in [-0.39, 0.29) is 5.60 Å². The van der Waals surface area contributed by atoms with Gasteiger partial charge in [0.25, 0.3) is 0 Å². The van der Waals surface area contributed by atoms with Crippen LogP contribution in [0.2, 0.25) is 0 Å². The predicted octanol–water partition coefficient (Wildman–Crippen LogP) is 2.82. The number of hydrogen-bond acceptors (Lipinski definition) is 5. The van der Waals surface area contributed by atoms with Gasteiger partial charge < -0.3 is 15.0 Å². The van der Waals surface area contributed by atoms with Gasteiger partial charge in [0.2, 0.25) is 0 Å². The molecular formula is C15H27N3OS. The van der Waals surface area contributed by atoms with E-state index in [1.807, 2.05) is 11.3 Å². The largest absolute Gasteiger partial charge is 0.372 e. The Kier molecular flexibility index (Phi) is 5.04. The molecule has 1 saturated heterocycles. The molecule has 1 aliphatic heterocycles. The summed E-state index contributed by atoms with van der Waals surface area (Å²) in [6, 6.07) is 0.507. The van der Waals surface area contributed by atoms with Gasteiger partial charge in [-0.2, -0.15) is 0 Å². The minimum absolute atomic E-state index is 0.0767. The number of ether oxygens (including phenoxy) is 1. The average molecular weight is 297 g/mol. The van der Waals surface area contributed by atoms with E-state index in [4.69, 9.17) is 9.72 Å². The highest BCUT2D eigenvalue weighted by Gasteiger charge is 2.29. The van der Waals surface area contributed by atoms with Crippen LogP contribution in [-0.4, -0.2) is 36.3 Å². The highest BCUT2D eigenvalue weighted by molar-refractivity contribution is 7.15. The van der Waals surface area contributed by atoms with Crippen LogP contribution in [0.1, 0.15) is 45.2 Å². The third kappa shape index (κ3) is 3.93. The van der Waals surface area contributed by atoms with E-state index in [1.54, 1.807) is 0 Å². The third-order valence-corrected chi connectivity index (χ3v) is 4.63. The number of morpholine rings is 1. The summed E-state index contributed by atoms with van der Waals surface area (Å²) < 4.78 is 5.78. The Hall–Kier alpha value is -0.650. The van der Waals surface area contributed by atoms with Crippen LogP contribution in [-0.2, 0) is 17.7 Å². The van der Waals surface area contributed by atoms with Crippen LogP contribution in [0.5, 0.6) is 0 Å². The summed E-state index contributed by atoms with van der Waals surface area (Å²) in [5.74, 6) is 0. The second-order valence-electron chi connectivity index (χ2n) is 6.29. The third-order valence-electron chi connectivity index (χ3n) is 3.47. The second kappa shape index (κ2) is 6.41. The molecule has 1 aliphatic rings. The fraction of sp³-hybridized carbons (Fsp3) is 0.800. The van der Waals surface area contributed by atoms with E-state index < -0.39 is 0 Å². The number of aryl methyl sites for hydroxylation is 1. The first-order chi connectivity index (χ1) is 9.41. The SMILES string of the molecule is CCc1nc(N2CCOC(C)(C)C2)sc1CNC(C)C. The van der Waals surface area contributed by atoms with Crippen molar-refractivity contribution >= 4 is 16.5 Å². The Morgan fingerprint density at radius 1 is 1.45 bits per heavy atom. The Labute approximate surface area is 126 Å². The number of nitrogens with one attached hydrogen (secondary N) is 1. The molecule has 1 aromatic rings. The molecular weight excluding hydrogens is 270 g/mol. The van der Waals surface area contributed by atoms with E-state index in [1.165, 1.54) is 10.6 Å². The van der Waals surface area contributed by atoms with Gasteiger partial charge in [-0.05, 0) is 20.3 Å². The summed E-state index contributed by atoms with van der Waals surface area (Å²) in [5, 5.41) is 4.65. The molecule has 114 valence electrons. The molecule has 20 heavy (non-hydrogen) atoms. The number of anilines is 1. The monoisotopic (exact) mass is 297 g/mol. The second-order valence-corrected chi connectivity index (χ2v) is 7.35. The summed E-state index contributed by atoms with van der Waals surface area (Å²) in [7, 11) is 0. The van der Waals surface area contributed by atoms with Gasteiger partial charge in [0.15, 0.2) is 5.13 Å². The Morgan fingerprint density at radius 3 is 2.80 bits per heavy atom. The van der Waals surface area contributed by atoms with Gasteiger partial charge in [-0.25, -0.2) is 4.98 Å². The molecule has 1 aromatic heterocycles. The molecule has 2 rings (SSSR count). The standard InChI is InChI=1S/C15H27N3OS/c1-6-12-13(9-16-11(2)3)20-14(17-12)18-7-8-19-15(4,5)10-18/h11,16H,6-10H2,1-5H3. The van der Waals surface area contributed by atoms with Crippen LogP contribution in [0, 0.1) is 0 Å². The van der Waals surface area contributed by atoms with E-state index in [0.29, 0.717) is 6.04 Å². The molecule has 1 fully saturated rings. The molecule has 1 N–H and O–H groups in total. The topological polar surface area (TPSA) is 37.4 Å². The maximum absolute atomic E-state index is 5.78. The number of rotatable bonds is 5. The minimum Gasteiger partial charge on any atom is -0.372 e. The first kappa shape index (κ1) is 15.7. The minimum atomic E-state index is -0.0767. The predicted molar refractivity (Wildman–Crippen MR) is 85.7 cm³/mol. The van der Waals surface area contributed by atoms with E-state index in [0.717, 1.165) is 37.8 Å². The summed E-state index contributed by atoms with van der Waals surface area (Å²) in [4.78, 5) is 8.59. The molecule has 0 atom stereocenters. The van der Waals surface area contributed by atoms with Crippen LogP contribution >= 0.6 is 11.3 Å². The van der Waals surface area contributed by atoms with Crippen LogP contribution in [0.4, 0.5) is 5.13 Å². The fourth-order valence-electron chi connectivity index (χ4n) is 2.40. The lowest BCUT2D eigenvalue weighted by atomic mass is 10.1. The zero-order chi connectivity index (χ0) is 14.8. The van der Waals surface area contributed by atoms with Crippen molar-refractivity contribution in [3.05, 3.63) is 10.6 Å². The van der Waals surface area contributed by atoms with E-state index in [9.17, 15) is 0 Å². The number of thiazole rings is 1. The van der Waals surface area contributed by atoms with Gasteiger partial charge in [0, 0.05) is 30.6 Å². The lowest BCUT2D eigenvalue weighted by Gasteiger charge is -2.38. The maximum Gasteiger partial charge on any atom is 0.186 e. The summed E-state index contributed by atoms with van der Waals surface area (Å²) in [5.41, 5.74) is 1.16. The van der Waals surface area contributed by atoms with Crippen LogP contribution in [0.15, 0.2) is 0 Å². The van der Waals surface area contributed by atoms with Crippen molar-refractivity contribution < 1.29 is 4.74 Å². The zero-order valence-electron chi connectivity index (χ0n) is 13.3. The first-order valence-corrected chi connectivity index (χ1v) is 8.34. The molecule has 0 bridgehead atoms. The van der Waals surface area contributed by atoms with Gasteiger partial charge in [-0.1, -0.05) is 20.8 Å². The quantitative estimate of drug-likeness (QED) is 0.907. The van der Waals surface area contributed by atoms with Crippen LogP contribution in [0.25, 0.3) is 0 Å². The lowest BCUT2D eigenvalue weighted by molar-refractivity contribution is -0.0277. The number of aromatic nitrogens is 1. The summed E-state index contributed by atoms with van der Waals surface area (Å²) in [6.07, 6.45) is 0.999. The van der Waals surface area contributed by atoms with Crippen molar-refractivity contribution in [3.63, 3.8) is 0 Å². The summed E-state index contributed by atoms with van der Waals surface area (Å²) >= 11 is 1.83. The van der Waals surface area contributed by atoms with Crippen LogP contribution in [0.3, 0.4) is 0 Å². The number of nitrogens with zero attached hydrogens (tertiary/aromatic N) is 2. The van der Waals surface area contributed by atoms with Crippen molar-refractivity contribution in [1.82, 2.24) is 10.3 Å². The Balaban J connectivity index is 2.12. The molecule has 0 saturated carbocycles. The van der Waals surface area contributed by atoms with Gasteiger partial charge in [0.1, 0.15) is 0 Å².